The zero-order valence-corrected chi connectivity index (χ0v) is 10.1. The van der Waals surface area contributed by atoms with Crippen LogP contribution in [0.5, 0.6) is 5.75 Å². The molecule has 1 aromatic carbocycles. The Morgan fingerprint density at radius 1 is 1.42 bits per heavy atom. The Labute approximate surface area is 111 Å². The van der Waals surface area contributed by atoms with Gasteiger partial charge in [0.05, 0.1) is 5.56 Å². The molecule has 0 saturated carbocycles. The number of phenols is 1. The molecule has 1 atom stereocenters. The van der Waals surface area contributed by atoms with Gasteiger partial charge in [-0.1, -0.05) is 0 Å². The molecule has 0 aliphatic rings. The van der Waals surface area contributed by atoms with Crippen molar-refractivity contribution in [1.29, 1.82) is 0 Å². The summed E-state index contributed by atoms with van der Waals surface area (Å²) in [7, 11) is 0. The molecule has 0 aliphatic carbocycles. The molecule has 0 amide bonds. The number of carboxylic acid groups (broad SMARTS) is 1. The predicted molar refractivity (Wildman–Crippen MR) is 61.2 cm³/mol. The summed E-state index contributed by atoms with van der Waals surface area (Å²) < 4.78 is 39.4. The molecule has 0 saturated heterocycles. The molecule has 0 unspecified atom stereocenters. The number of phenolic OH excluding ortho intramolecular Hbond substituents is 1. The molecular weight excluding hydrogens is 291 g/mol. The van der Waals surface area contributed by atoms with Crippen LogP contribution in [0.4, 0.5) is 13.2 Å². The summed E-state index contributed by atoms with van der Waals surface area (Å²) in [5, 5.41) is 26.4. The van der Waals surface area contributed by atoms with Gasteiger partial charge >= 0.3 is 5.97 Å². The Morgan fingerprint density at radius 3 is 2.37 bits per heavy atom. The van der Waals surface area contributed by atoms with Crippen molar-refractivity contribution in [3.05, 3.63) is 29.1 Å². The minimum Gasteiger partial charge on any atom is -0.505 e. The third-order valence-electron chi connectivity index (χ3n) is 2.34. The quantitative estimate of drug-likeness (QED) is 0.670. The number of aromatic hydroxyl groups is 1. The molecule has 0 bridgehead atoms. The van der Waals surface area contributed by atoms with Gasteiger partial charge in [0.15, 0.2) is 11.6 Å². The number of halogens is 4. The SMILES string of the molecule is Cl.N[C@H](c1cc(C(=O)O)cc(F)c1O)C(F)(F)CO. The minimum absolute atomic E-state index is 0. The largest absolute Gasteiger partial charge is 0.505 e. The van der Waals surface area contributed by atoms with Gasteiger partial charge in [0.25, 0.3) is 5.92 Å². The fourth-order valence-corrected chi connectivity index (χ4v) is 1.31. The van der Waals surface area contributed by atoms with E-state index in [0.717, 1.165) is 0 Å². The van der Waals surface area contributed by atoms with Crippen LogP contribution < -0.4 is 5.73 Å². The normalized spacial score (nSPS) is 12.7. The summed E-state index contributed by atoms with van der Waals surface area (Å²) >= 11 is 0. The molecule has 9 heteroatoms. The molecule has 5 N–H and O–H groups in total. The van der Waals surface area contributed by atoms with Crippen LogP contribution in [0.15, 0.2) is 12.1 Å². The molecule has 0 radical (unpaired) electrons. The average molecular weight is 302 g/mol. The highest BCUT2D eigenvalue weighted by Gasteiger charge is 2.39. The summed E-state index contributed by atoms with van der Waals surface area (Å²) in [6.07, 6.45) is 0. The van der Waals surface area contributed by atoms with Crippen molar-refractivity contribution in [2.24, 2.45) is 5.73 Å². The van der Waals surface area contributed by atoms with Crippen LogP contribution in [0.2, 0.25) is 0 Å². The van der Waals surface area contributed by atoms with Crippen LogP contribution >= 0.6 is 12.4 Å². The Kier molecular flexibility index (Phi) is 5.61. The van der Waals surface area contributed by atoms with E-state index < -0.39 is 47.2 Å². The van der Waals surface area contributed by atoms with E-state index in [1.165, 1.54) is 0 Å². The van der Waals surface area contributed by atoms with E-state index in [4.69, 9.17) is 15.9 Å². The molecule has 0 aliphatic heterocycles. The van der Waals surface area contributed by atoms with Gasteiger partial charge in [-0.3, -0.25) is 0 Å². The third-order valence-corrected chi connectivity index (χ3v) is 2.34. The van der Waals surface area contributed by atoms with Gasteiger partial charge in [0.1, 0.15) is 12.6 Å². The van der Waals surface area contributed by atoms with Crippen LogP contribution in [0.3, 0.4) is 0 Å². The lowest BCUT2D eigenvalue weighted by atomic mass is 9.98. The summed E-state index contributed by atoms with van der Waals surface area (Å²) in [6.45, 7) is -1.62. The Morgan fingerprint density at radius 2 is 1.95 bits per heavy atom. The minimum atomic E-state index is -3.82. The number of hydrogen-bond donors (Lipinski definition) is 4. The van der Waals surface area contributed by atoms with Crippen molar-refractivity contribution in [1.82, 2.24) is 0 Å². The standard InChI is InChI=1S/C10H10F3NO4.ClH/c11-6-2-4(9(17)18)1-5(7(6)16)8(14)10(12,13)3-15;/h1-2,8,15-16H,3,14H2,(H,17,18);1H/t8-;/m1./s1. The maximum atomic E-state index is 13.2. The van der Waals surface area contributed by atoms with Crippen LogP contribution in [0, 0.1) is 5.82 Å². The van der Waals surface area contributed by atoms with Gasteiger partial charge in [-0.15, -0.1) is 12.4 Å². The number of alkyl halides is 2. The molecule has 0 heterocycles. The lowest BCUT2D eigenvalue weighted by molar-refractivity contribution is -0.0716. The number of rotatable bonds is 4. The molecule has 0 aromatic heterocycles. The van der Waals surface area contributed by atoms with Crippen molar-refractivity contribution in [2.45, 2.75) is 12.0 Å². The van der Waals surface area contributed by atoms with Gasteiger partial charge in [0, 0.05) is 5.56 Å². The average Bonchev–Trinajstić information content (AvgIpc) is 2.31. The van der Waals surface area contributed by atoms with Crippen LogP contribution in [-0.2, 0) is 0 Å². The van der Waals surface area contributed by atoms with Gasteiger partial charge in [-0.05, 0) is 12.1 Å². The van der Waals surface area contributed by atoms with Crippen molar-refractivity contribution in [3.63, 3.8) is 0 Å². The molecule has 1 rings (SSSR count). The van der Waals surface area contributed by atoms with Gasteiger partial charge in [0.2, 0.25) is 0 Å². The fraction of sp³-hybridized carbons (Fsp3) is 0.300. The first-order valence-corrected chi connectivity index (χ1v) is 4.70. The topological polar surface area (TPSA) is 104 Å². The molecule has 0 fully saturated rings. The first-order chi connectivity index (χ1) is 8.20. The fourth-order valence-electron chi connectivity index (χ4n) is 1.31. The molecule has 1 aromatic rings. The maximum absolute atomic E-state index is 13.2. The van der Waals surface area contributed by atoms with E-state index in [1.54, 1.807) is 0 Å². The van der Waals surface area contributed by atoms with Crippen LogP contribution in [-0.4, -0.2) is 33.8 Å². The highest BCUT2D eigenvalue weighted by Crippen LogP contribution is 2.35. The van der Waals surface area contributed by atoms with Crippen LogP contribution in [0.1, 0.15) is 22.0 Å². The van der Waals surface area contributed by atoms with E-state index in [9.17, 15) is 23.1 Å². The molecule has 108 valence electrons. The number of carboxylic acids is 1. The number of aliphatic hydroxyl groups excluding tert-OH is 1. The monoisotopic (exact) mass is 301 g/mol. The second kappa shape index (κ2) is 6.09. The summed E-state index contributed by atoms with van der Waals surface area (Å²) in [5.74, 6) is -7.93. The zero-order valence-electron chi connectivity index (χ0n) is 9.31. The lowest BCUT2D eigenvalue weighted by Crippen LogP contribution is -2.36. The number of benzene rings is 1. The summed E-state index contributed by atoms with van der Waals surface area (Å²) in [5.41, 5.74) is 3.67. The number of nitrogens with two attached hydrogens (primary N) is 1. The first-order valence-electron chi connectivity index (χ1n) is 4.70. The van der Waals surface area contributed by atoms with Gasteiger partial charge in [-0.2, -0.15) is 0 Å². The highest BCUT2D eigenvalue weighted by molar-refractivity contribution is 5.88. The van der Waals surface area contributed by atoms with E-state index in [-0.39, 0.29) is 12.4 Å². The molecule has 19 heavy (non-hydrogen) atoms. The van der Waals surface area contributed by atoms with Gasteiger partial charge < -0.3 is 21.1 Å². The first kappa shape index (κ1) is 17.5. The smallest absolute Gasteiger partial charge is 0.335 e. The third kappa shape index (κ3) is 3.49. The van der Waals surface area contributed by atoms with Crippen molar-refractivity contribution in [3.8, 4) is 5.75 Å². The van der Waals surface area contributed by atoms with Crippen molar-refractivity contribution < 1.29 is 33.3 Å². The molecule has 0 spiro atoms. The summed E-state index contributed by atoms with van der Waals surface area (Å²) in [6, 6.07) is -1.11. The second-order valence-electron chi connectivity index (χ2n) is 3.60. The van der Waals surface area contributed by atoms with Crippen molar-refractivity contribution >= 4 is 18.4 Å². The second-order valence-corrected chi connectivity index (χ2v) is 3.60. The van der Waals surface area contributed by atoms with E-state index in [2.05, 4.69) is 0 Å². The van der Waals surface area contributed by atoms with E-state index in [1.807, 2.05) is 0 Å². The predicted octanol–water partition coefficient (Wildman–Crippen LogP) is 1.28. The Balaban J connectivity index is 0.00000324. The maximum Gasteiger partial charge on any atom is 0.335 e. The van der Waals surface area contributed by atoms with Gasteiger partial charge in [-0.25, -0.2) is 18.0 Å². The molecular formula is C10H11ClF3NO4. The number of aromatic carboxylic acids is 1. The lowest BCUT2D eigenvalue weighted by Gasteiger charge is -2.22. The Hall–Kier alpha value is -1.51. The highest BCUT2D eigenvalue weighted by atomic mass is 35.5. The summed E-state index contributed by atoms with van der Waals surface area (Å²) in [4.78, 5) is 10.6. The zero-order chi connectivity index (χ0) is 14.1. The van der Waals surface area contributed by atoms with E-state index >= 15 is 0 Å². The number of aliphatic hydroxyl groups is 1. The van der Waals surface area contributed by atoms with Crippen LogP contribution in [0.25, 0.3) is 0 Å². The number of carbonyl (C=O) groups is 1. The Bertz CT molecular complexity index is 484. The number of hydrogen-bond acceptors (Lipinski definition) is 4. The molecule has 5 nitrogen and oxygen atoms in total. The van der Waals surface area contributed by atoms with Crippen molar-refractivity contribution in [2.75, 3.05) is 6.61 Å². The van der Waals surface area contributed by atoms with E-state index in [0.29, 0.717) is 12.1 Å².